The van der Waals surface area contributed by atoms with Crippen LogP contribution in [0.1, 0.15) is 25.0 Å². The minimum absolute atomic E-state index is 0.180. The van der Waals surface area contributed by atoms with Crippen LogP contribution in [-0.2, 0) is 5.54 Å². The largest absolute Gasteiger partial charge is 0.376 e. The molecule has 0 radical (unpaired) electrons. The second-order valence-corrected chi connectivity index (χ2v) is 6.41. The summed E-state index contributed by atoms with van der Waals surface area (Å²) in [6, 6.07) is 22.8. The maximum atomic E-state index is 4.21. The van der Waals surface area contributed by atoms with E-state index < -0.39 is 0 Å². The fraction of sp³-hybridized carbons (Fsp3) is 0.136. The number of rotatable bonds is 5. The van der Waals surface area contributed by atoms with E-state index in [2.05, 4.69) is 85.3 Å². The maximum Gasteiger partial charge on any atom is 0.0569 e. The van der Waals surface area contributed by atoms with Crippen molar-refractivity contribution < 1.29 is 0 Å². The zero-order chi connectivity index (χ0) is 17.0. The topological polar surface area (TPSA) is 24.9 Å². The van der Waals surface area contributed by atoms with Gasteiger partial charge in [0.2, 0.25) is 0 Å². The molecule has 0 unspecified atom stereocenters. The molecule has 0 aliphatic carbocycles. The number of pyridine rings is 1. The first-order valence-corrected chi connectivity index (χ1v) is 8.10. The van der Waals surface area contributed by atoms with Crippen LogP contribution in [0, 0.1) is 0 Å². The first-order valence-electron chi connectivity index (χ1n) is 8.10. The lowest BCUT2D eigenvalue weighted by Gasteiger charge is -2.29. The molecule has 0 saturated heterocycles. The Morgan fingerprint density at radius 2 is 1.58 bits per heavy atom. The fourth-order valence-corrected chi connectivity index (χ4v) is 2.77. The van der Waals surface area contributed by atoms with Gasteiger partial charge in [0, 0.05) is 18.1 Å². The SMILES string of the molecule is C=C(NC(C)(C)c1ccccc1)c1ccc(-c2cccnc2)cc1. The molecule has 2 nitrogen and oxygen atoms in total. The van der Waals surface area contributed by atoms with Gasteiger partial charge in [-0.3, -0.25) is 4.98 Å². The van der Waals surface area contributed by atoms with Crippen LogP contribution in [0.2, 0.25) is 0 Å². The first kappa shape index (κ1) is 16.0. The Labute approximate surface area is 143 Å². The van der Waals surface area contributed by atoms with Crippen LogP contribution in [0.15, 0.2) is 85.7 Å². The molecule has 0 atom stereocenters. The Balaban J connectivity index is 1.76. The average Bonchev–Trinajstić information content (AvgIpc) is 2.63. The molecule has 2 heteroatoms. The van der Waals surface area contributed by atoms with E-state index in [0.29, 0.717) is 0 Å². The zero-order valence-electron chi connectivity index (χ0n) is 14.2. The highest BCUT2D eigenvalue weighted by atomic mass is 15.0. The summed E-state index contributed by atoms with van der Waals surface area (Å²) in [5.41, 5.74) is 5.33. The minimum atomic E-state index is -0.180. The molecule has 1 heterocycles. The molecule has 0 bridgehead atoms. The van der Waals surface area contributed by atoms with Gasteiger partial charge in [-0.2, -0.15) is 0 Å². The molecular weight excluding hydrogens is 292 g/mol. The Bertz CT molecular complexity index is 804. The number of hydrogen-bond donors (Lipinski definition) is 1. The highest BCUT2D eigenvalue weighted by Crippen LogP contribution is 2.25. The van der Waals surface area contributed by atoms with Gasteiger partial charge in [0.25, 0.3) is 0 Å². The molecule has 120 valence electrons. The molecule has 1 N–H and O–H groups in total. The van der Waals surface area contributed by atoms with Crippen LogP contribution in [0.25, 0.3) is 16.8 Å². The Hall–Kier alpha value is -2.87. The number of nitrogens with zero attached hydrogens (tertiary/aromatic N) is 1. The van der Waals surface area contributed by atoms with Crippen LogP contribution >= 0.6 is 0 Å². The fourth-order valence-electron chi connectivity index (χ4n) is 2.77. The van der Waals surface area contributed by atoms with Crippen molar-refractivity contribution in [1.29, 1.82) is 0 Å². The van der Waals surface area contributed by atoms with Crippen LogP contribution in [0.4, 0.5) is 0 Å². The van der Waals surface area contributed by atoms with Crippen LogP contribution in [0.3, 0.4) is 0 Å². The molecule has 0 amide bonds. The van der Waals surface area contributed by atoms with E-state index in [1.165, 1.54) is 5.56 Å². The average molecular weight is 314 g/mol. The lowest BCUT2D eigenvalue weighted by atomic mass is 9.93. The van der Waals surface area contributed by atoms with E-state index >= 15 is 0 Å². The lowest BCUT2D eigenvalue weighted by molar-refractivity contribution is 0.476. The van der Waals surface area contributed by atoms with Gasteiger partial charge < -0.3 is 5.32 Å². The van der Waals surface area contributed by atoms with Gasteiger partial charge in [-0.25, -0.2) is 0 Å². The van der Waals surface area contributed by atoms with Gasteiger partial charge in [0.15, 0.2) is 0 Å². The zero-order valence-corrected chi connectivity index (χ0v) is 14.2. The lowest BCUT2D eigenvalue weighted by Crippen LogP contribution is -2.34. The normalized spacial score (nSPS) is 11.1. The summed E-state index contributed by atoms with van der Waals surface area (Å²) in [6.07, 6.45) is 3.66. The second-order valence-electron chi connectivity index (χ2n) is 6.41. The van der Waals surface area contributed by atoms with E-state index in [-0.39, 0.29) is 5.54 Å². The standard InChI is InChI=1S/C22H22N2/c1-17(24-22(2,3)21-9-5-4-6-10-21)18-11-13-19(14-12-18)20-8-7-15-23-16-20/h4-16,24H,1H2,2-3H3. The van der Waals surface area contributed by atoms with E-state index in [0.717, 1.165) is 22.4 Å². The summed E-state index contributed by atoms with van der Waals surface area (Å²) in [4.78, 5) is 4.17. The van der Waals surface area contributed by atoms with Crippen LogP contribution in [0.5, 0.6) is 0 Å². The van der Waals surface area contributed by atoms with Gasteiger partial charge >= 0.3 is 0 Å². The highest BCUT2D eigenvalue weighted by molar-refractivity contribution is 5.68. The smallest absolute Gasteiger partial charge is 0.0569 e. The first-order chi connectivity index (χ1) is 11.6. The minimum Gasteiger partial charge on any atom is -0.376 e. The van der Waals surface area contributed by atoms with E-state index in [1.54, 1.807) is 6.20 Å². The molecule has 0 aliphatic heterocycles. The summed E-state index contributed by atoms with van der Waals surface area (Å²) >= 11 is 0. The van der Waals surface area contributed by atoms with Crippen molar-refractivity contribution in [2.75, 3.05) is 0 Å². The van der Waals surface area contributed by atoms with Crippen molar-refractivity contribution in [2.45, 2.75) is 19.4 Å². The third kappa shape index (κ3) is 3.54. The molecule has 0 fully saturated rings. The predicted octanol–water partition coefficient (Wildman–Crippen LogP) is 5.24. The van der Waals surface area contributed by atoms with Crippen molar-refractivity contribution in [3.63, 3.8) is 0 Å². The molecule has 3 rings (SSSR count). The number of hydrogen-bond acceptors (Lipinski definition) is 2. The summed E-state index contributed by atoms with van der Waals surface area (Å²) in [6.45, 7) is 8.54. The summed E-state index contributed by atoms with van der Waals surface area (Å²) < 4.78 is 0. The third-order valence-corrected chi connectivity index (χ3v) is 4.19. The van der Waals surface area contributed by atoms with Crippen molar-refractivity contribution in [3.8, 4) is 11.1 Å². The van der Waals surface area contributed by atoms with Crippen LogP contribution in [-0.4, -0.2) is 4.98 Å². The monoisotopic (exact) mass is 314 g/mol. The number of benzene rings is 2. The molecule has 2 aromatic carbocycles. The molecule has 0 aliphatic rings. The maximum absolute atomic E-state index is 4.21. The molecule has 0 saturated carbocycles. The van der Waals surface area contributed by atoms with Crippen molar-refractivity contribution in [2.24, 2.45) is 0 Å². The van der Waals surface area contributed by atoms with Crippen LogP contribution < -0.4 is 5.32 Å². The van der Waals surface area contributed by atoms with E-state index in [9.17, 15) is 0 Å². The van der Waals surface area contributed by atoms with Gasteiger partial charge in [-0.05, 0) is 42.2 Å². The summed E-state index contributed by atoms with van der Waals surface area (Å²) in [5, 5.41) is 3.54. The summed E-state index contributed by atoms with van der Waals surface area (Å²) in [7, 11) is 0. The van der Waals surface area contributed by atoms with Gasteiger partial charge in [0.1, 0.15) is 0 Å². The third-order valence-electron chi connectivity index (χ3n) is 4.19. The Kier molecular flexibility index (Phi) is 4.48. The van der Waals surface area contributed by atoms with E-state index in [4.69, 9.17) is 0 Å². The molecule has 1 aromatic heterocycles. The molecule has 3 aromatic rings. The Morgan fingerprint density at radius 1 is 0.875 bits per heavy atom. The predicted molar refractivity (Wildman–Crippen MR) is 101 cm³/mol. The summed E-state index contributed by atoms with van der Waals surface area (Å²) in [5.74, 6) is 0. The molecule has 0 spiro atoms. The van der Waals surface area contributed by atoms with Crippen molar-refractivity contribution >= 4 is 5.70 Å². The van der Waals surface area contributed by atoms with Crippen molar-refractivity contribution in [3.05, 3.63) is 96.8 Å². The molecule has 24 heavy (non-hydrogen) atoms. The van der Waals surface area contributed by atoms with Gasteiger partial charge in [0.05, 0.1) is 5.54 Å². The Morgan fingerprint density at radius 3 is 2.21 bits per heavy atom. The second kappa shape index (κ2) is 6.71. The number of aromatic nitrogens is 1. The highest BCUT2D eigenvalue weighted by Gasteiger charge is 2.20. The van der Waals surface area contributed by atoms with Gasteiger partial charge in [-0.1, -0.05) is 67.2 Å². The van der Waals surface area contributed by atoms with Gasteiger partial charge in [-0.15, -0.1) is 0 Å². The number of nitrogens with one attached hydrogen (secondary N) is 1. The molecular formula is C22H22N2. The van der Waals surface area contributed by atoms with E-state index in [1.807, 2.05) is 18.3 Å². The van der Waals surface area contributed by atoms with Crippen molar-refractivity contribution in [1.82, 2.24) is 10.3 Å². The quantitative estimate of drug-likeness (QED) is 0.696.